The molecule has 0 aliphatic carbocycles. The Balaban J connectivity index is 1.65. The molecule has 0 bridgehead atoms. The van der Waals surface area contributed by atoms with Gasteiger partial charge in [0.1, 0.15) is 5.82 Å². The van der Waals surface area contributed by atoms with Gasteiger partial charge in [0.15, 0.2) is 0 Å². The van der Waals surface area contributed by atoms with Crippen molar-refractivity contribution in [3.63, 3.8) is 0 Å². The summed E-state index contributed by atoms with van der Waals surface area (Å²) in [6, 6.07) is 18.8. The lowest BCUT2D eigenvalue weighted by Crippen LogP contribution is -2.12. The second-order valence-corrected chi connectivity index (χ2v) is 7.99. The SMILES string of the molecule is O=C(Nc1ccc(F)c(Cl)c1)c1ccc(NS(=O)(=O)/C=C/c2ccccc2)cc1. The summed E-state index contributed by atoms with van der Waals surface area (Å²) in [4.78, 5) is 12.3. The summed E-state index contributed by atoms with van der Waals surface area (Å²) >= 11 is 5.69. The van der Waals surface area contributed by atoms with Crippen molar-refractivity contribution in [3.8, 4) is 0 Å². The summed E-state index contributed by atoms with van der Waals surface area (Å²) in [5.41, 5.74) is 1.71. The number of rotatable bonds is 6. The van der Waals surface area contributed by atoms with Gasteiger partial charge in [0.2, 0.25) is 0 Å². The Morgan fingerprint density at radius 2 is 1.59 bits per heavy atom. The highest BCUT2D eigenvalue weighted by molar-refractivity contribution is 7.95. The van der Waals surface area contributed by atoms with Crippen molar-refractivity contribution in [2.45, 2.75) is 0 Å². The van der Waals surface area contributed by atoms with Gasteiger partial charge < -0.3 is 5.32 Å². The average molecular weight is 431 g/mol. The zero-order valence-electron chi connectivity index (χ0n) is 15.0. The van der Waals surface area contributed by atoms with E-state index in [0.29, 0.717) is 16.9 Å². The number of hydrogen-bond donors (Lipinski definition) is 2. The highest BCUT2D eigenvalue weighted by Crippen LogP contribution is 2.20. The first-order chi connectivity index (χ1) is 13.8. The summed E-state index contributed by atoms with van der Waals surface area (Å²) < 4.78 is 39.9. The molecular weight excluding hydrogens is 415 g/mol. The summed E-state index contributed by atoms with van der Waals surface area (Å²) in [6.45, 7) is 0. The van der Waals surface area contributed by atoms with Gasteiger partial charge in [0, 0.05) is 16.9 Å². The molecular formula is C21H16ClFN2O3S. The Bertz CT molecular complexity index is 1150. The third-order valence-electron chi connectivity index (χ3n) is 3.82. The molecule has 0 aliphatic heterocycles. The quantitative estimate of drug-likeness (QED) is 0.568. The van der Waals surface area contributed by atoms with Crippen LogP contribution in [0.3, 0.4) is 0 Å². The van der Waals surface area contributed by atoms with Gasteiger partial charge in [-0.05, 0) is 54.1 Å². The Morgan fingerprint density at radius 3 is 2.24 bits per heavy atom. The number of hydrogen-bond acceptors (Lipinski definition) is 3. The van der Waals surface area contributed by atoms with Gasteiger partial charge in [-0.25, -0.2) is 12.8 Å². The molecule has 0 saturated heterocycles. The maximum Gasteiger partial charge on any atom is 0.255 e. The molecule has 2 N–H and O–H groups in total. The minimum Gasteiger partial charge on any atom is -0.322 e. The van der Waals surface area contributed by atoms with Crippen molar-refractivity contribution in [1.82, 2.24) is 0 Å². The van der Waals surface area contributed by atoms with Crippen molar-refractivity contribution in [1.29, 1.82) is 0 Å². The minimum absolute atomic E-state index is 0.101. The van der Waals surface area contributed by atoms with E-state index in [9.17, 15) is 17.6 Å². The van der Waals surface area contributed by atoms with Crippen molar-refractivity contribution >= 4 is 45.0 Å². The van der Waals surface area contributed by atoms with Crippen molar-refractivity contribution < 1.29 is 17.6 Å². The number of nitrogens with one attached hydrogen (secondary N) is 2. The van der Waals surface area contributed by atoms with Crippen LogP contribution in [0.15, 0.2) is 78.2 Å². The lowest BCUT2D eigenvalue weighted by atomic mass is 10.2. The fraction of sp³-hybridized carbons (Fsp3) is 0. The zero-order chi connectivity index (χ0) is 20.9. The van der Waals surface area contributed by atoms with Crippen molar-refractivity contribution in [3.05, 3.63) is 100 Å². The maximum absolute atomic E-state index is 13.2. The van der Waals surface area contributed by atoms with E-state index in [1.165, 1.54) is 42.5 Å². The molecule has 3 rings (SSSR count). The number of amides is 1. The standard InChI is InChI=1S/C21H16ClFN2O3S/c22-19-14-18(10-11-20(19)23)24-21(26)16-6-8-17(9-7-16)25-29(27,28)13-12-15-4-2-1-3-5-15/h1-14,25H,(H,24,26)/b13-12+. The average Bonchev–Trinajstić information content (AvgIpc) is 2.70. The first kappa shape index (κ1) is 20.6. The third kappa shape index (κ3) is 5.91. The number of sulfonamides is 1. The predicted molar refractivity (Wildman–Crippen MR) is 114 cm³/mol. The molecule has 5 nitrogen and oxygen atoms in total. The van der Waals surface area contributed by atoms with Gasteiger partial charge in [0.25, 0.3) is 15.9 Å². The second-order valence-electron chi connectivity index (χ2n) is 6.02. The first-order valence-corrected chi connectivity index (χ1v) is 10.4. The first-order valence-electron chi connectivity index (χ1n) is 8.45. The largest absolute Gasteiger partial charge is 0.322 e. The van der Waals surface area contributed by atoms with Gasteiger partial charge in [-0.1, -0.05) is 41.9 Å². The number of carbonyl (C=O) groups excluding carboxylic acids is 1. The lowest BCUT2D eigenvalue weighted by molar-refractivity contribution is 0.102. The van der Waals surface area contributed by atoms with Crippen LogP contribution in [-0.4, -0.2) is 14.3 Å². The molecule has 1 amide bonds. The topological polar surface area (TPSA) is 75.3 Å². The molecule has 0 radical (unpaired) electrons. The molecule has 0 heterocycles. The highest BCUT2D eigenvalue weighted by atomic mass is 35.5. The van der Waals surface area contributed by atoms with Crippen LogP contribution in [0.5, 0.6) is 0 Å². The molecule has 8 heteroatoms. The Morgan fingerprint density at radius 1 is 0.931 bits per heavy atom. The van der Waals surface area contributed by atoms with Crippen molar-refractivity contribution in [2.24, 2.45) is 0 Å². The van der Waals surface area contributed by atoms with E-state index in [0.717, 1.165) is 17.0 Å². The molecule has 3 aromatic rings. The third-order valence-corrected chi connectivity index (χ3v) is 5.13. The highest BCUT2D eigenvalue weighted by Gasteiger charge is 2.10. The van der Waals surface area contributed by atoms with E-state index < -0.39 is 21.7 Å². The molecule has 0 aliphatic rings. The molecule has 29 heavy (non-hydrogen) atoms. The summed E-state index contributed by atoms with van der Waals surface area (Å²) in [7, 11) is -3.70. The Hall–Kier alpha value is -3.16. The molecule has 0 fully saturated rings. The van der Waals surface area contributed by atoms with Crippen LogP contribution in [0.4, 0.5) is 15.8 Å². The van der Waals surface area contributed by atoms with E-state index in [4.69, 9.17) is 11.6 Å². The lowest BCUT2D eigenvalue weighted by Gasteiger charge is -2.08. The van der Waals surface area contributed by atoms with E-state index in [-0.39, 0.29) is 5.02 Å². The summed E-state index contributed by atoms with van der Waals surface area (Å²) in [5, 5.41) is 3.56. The van der Waals surface area contributed by atoms with Gasteiger partial charge in [-0.3, -0.25) is 9.52 Å². The molecule has 0 unspecified atom stereocenters. The van der Waals surface area contributed by atoms with Crippen LogP contribution in [0.1, 0.15) is 15.9 Å². The van der Waals surface area contributed by atoms with E-state index in [1.54, 1.807) is 12.1 Å². The zero-order valence-corrected chi connectivity index (χ0v) is 16.5. The van der Waals surface area contributed by atoms with E-state index in [1.807, 2.05) is 18.2 Å². The van der Waals surface area contributed by atoms with Crippen LogP contribution in [-0.2, 0) is 10.0 Å². The molecule has 0 saturated carbocycles. The smallest absolute Gasteiger partial charge is 0.255 e. The monoisotopic (exact) mass is 430 g/mol. The van der Waals surface area contributed by atoms with Crippen LogP contribution in [0, 0.1) is 5.82 Å². The summed E-state index contributed by atoms with van der Waals surface area (Å²) in [6.07, 6.45) is 1.48. The van der Waals surface area contributed by atoms with Crippen molar-refractivity contribution in [2.75, 3.05) is 10.0 Å². The molecule has 0 atom stereocenters. The van der Waals surface area contributed by atoms with Crippen LogP contribution in [0.2, 0.25) is 5.02 Å². The molecule has 0 spiro atoms. The fourth-order valence-electron chi connectivity index (χ4n) is 2.40. The number of halogens is 2. The van der Waals surface area contributed by atoms with Gasteiger partial charge in [0.05, 0.1) is 10.4 Å². The van der Waals surface area contributed by atoms with Gasteiger partial charge in [-0.2, -0.15) is 0 Å². The maximum atomic E-state index is 13.2. The summed E-state index contributed by atoms with van der Waals surface area (Å²) in [5.74, 6) is -1.02. The Kier molecular flexibility index (Phi) is 6.31. The molecule has 0 aromatic heterocycles. The number of anilines is 2. The van der Waals surface area contributed by atoms with Crippen LogP contribution < -0.4 is 10.0 Å². The minimum atomic E-state index is -3.70. The van der Waals surface area contributed by atoms with Gasteiger partial charge >= 0.3 is 0 Å². The number of carbonyl (C=O) groups is 1. The second kappa shape index (κ2) is 8.89. The predicted octanol–water partition coefficient (Wildman–Crippen LogP) is 5.14. The Labute approximate surface area is 172 Å². The fourth-order valence-corrected chi connectivity index (χ4v) is 3.45. The van der Waals surface area contributed by atoms with Gasteiger partial charge in [-0.15, -0.1) is 0 Å². The normalized spacial score (nSPS) is 11.4. The molecule has 148 valence electrons. The molecule has 3 aromatic carbocycles. The van der Waals surface area contributed by atoms with Crippen LogP contribution in [0.25, 0.3) is 6.08 Å². The number of benzene rings is 3. The van der Waals surface area contributed by atoms with E-state index >= 15 is 0 Å². The van der Waals surface area contributed by atoms with Crippen LogP contribution >= 0.6 is 11.6 Å². The van der Waals surface area contributed by atoms with E-state index in [2.05, 4.69) is 10.0 Å².